The van der Waals surface area contributed by atoms with Gasteiger partial charge >= 0.3 is 0 Å². The van der Waals surface area contributed by atoms with Crippen LogP contribution in [0.1, 0.15) is 18.4 Å². The second-order valence-electron chi connectivity index (χ2n) is 3.66. The van der Waals surface area contributed by atoms with Gasteiger partial charge in [-0.3, -0.25) is 0 Å². The summed E-state index contributed by atoms with van der Waals surface area (Å²) in [4.78, 5) is 0. The van der Waals surface area contributed by atoms with E-state index in [1.54, 1.807) is 0 Å². The Morgan fingerprint density at radius 1 is 1.38 bits per heavy atom. The molecule has 1 nitrogen and oxygen atoms in total. The maximum atomic E-state index is 5.75. The highest BCUT2D eigenvalue weighted by atomic mass is 35.5. The Kier molecular flexibility index (Phi) is 2.74. The van der Waals surface area contributed by atoms with Crippen LogP contribution in [-0.4, -0.2) is 6.54 Å². The molecule has 1 aliphatic rings. The van der Waals surface area contributed by atoms with Gasteiger partial charge in [-0.05, 0) is 36.5 Å². The minimum Gasteiger partial charge on any atom is -0.385 e. The third-order valence-electron chi connectivity index (χ3n) is 2.37. The zero-order chi connectivity index (χ0) is 9.10. The first-order chi connectivity index (χ1) is 6.38. The predicted octanol–water partition coefficient (Wildman–Crippen LogP) is 3.25. The van der Waals surface area contributed by atoms with Gasteiger partial charge in [0.2, 0.25) is 0 Å². The molecule has 0 heterocycles. The van der Waals surface area contributed by atoms with Gasteiger partial charge in [-0.15, -0.1) is 11.6 Å². The average molecular weight is 196 g/mol. The van der Waals surface area contributed by atoms with Gasteiger partial charge in [0, 0.05) is 18.1 Å². The number of alkyl halides is 1. The van der Waals surface area contributed by atoms with Gasteiger partial charge in [-0.1, -0.05) is 12.1 Å². The summed E-state index contributed by atoms with van der Waals surface area (Å²) < 4.78 is 0. The summed E-state index contributed by atoms with van der Waals surface area (Å²) in [6.07, 6.45) is 2.78. The number of nitrogens with one attached hydrogen (secondary N) is 1. The summed E-state index contributed by atoms with van der Waals surface area (Å²) in [5, 5.41) is 3.42. The van der Waals surface area contributed by atoms with Crippen LogP contribution in [0.2, 0.25) is 0 Å². The third-order valence-corrected chi connectivity index (χ3v) is 2.68. The second-order valence-corrected chi connectivity index (χ2v) is 3.93. The Bertz CT molecular complexity index is 281. The van der Waals surface area contributed by atoms with Crippen molar-refractivity contribution in [2.24, 2.45) is 5.92 Å². The lowest BCUT2D eigenvalue weighted by Crippen LogP contribution is -2.02. The van der Waals surface area contributed by atoms with Crippen molar-refractivity contribution in [2.45, 2.75) is 18.7 Å². The van der Waals surface area contributed by atoms with Crippen LogP contribution < -0.4 is 5.32 Å². The van der Waals surface area contributed by atoms with Crippen molar-refractivity contribution in [3.8, 4) is 0 Å². The number of hydrogen-bond donors (Lipinski definition) is 1. The molecular weight excluding hydrogens is 182 g/mol. The quantitative estimate of drug-likeness (QED) is 0.728. The first-order valence-corrected chi connectivity index (χ1v) is 5.31. The summed E-state index contributed by atoms with van der Waals surface area (Å²) in [7, 11) is 0. The molecule has 1 aromatic carbocycles. The molecule has 0 radical (unpaired) electrons. The van der Waals surface area contributed by atoms with E-state index in [0.717, 1.165) is 12.5 Å². The van der Waals surface area contributed by atoms with Crippen molar-refractivity contribution in [1.29, 1.82) is 0 Å². The number of halogens is 1. The van der Waals surface area contributed by atoms with E-state index in [1.165, 1.54) is 24.1 Å². The van der Waals surface area contributed by atoms with E-state index >= 15 is 0 Å². The molecule has 0 unspecified atom stereocenters. The first kappa shape index (κ1) is 8.89. The lowest BCUT2D eigenvalue weighted by atomic mass is 10.2. The Morgan fingerprint density at radius 2 is 2.23 bits per heavy atom. The van der Waals surface area contributed by atoms with E-state index in [-0.39, 0.29) is 0 Å². The Hall–Kier alpha value is -0.690. The van der Waals surface area contributed by atoms with Crippen LogP contribution in [0.4, 0.5) is 5.69 Å². The maximum absolute atomic E-state index is 5.75. The van der Waals surface area contributed by atoms with Crippen molar-refractivity contribution in [2.75, 3.05) is 11.9 Å². The number of anilines is 1. The molecule has 1 aromatic rings. The van der Waals surface area contributed by atoms with E-state index in [2.05, 4.69) is 23.5 Å². The highest BCUT2D eigenvalue weighted by Crippen LogP contribution is 2.29. The summed E-state index contributed by atoms with van der Waals surface area (Å²) in [6, 6.07) is 8.32. The molecule has 0 spiro atoms. The number of benzene rings is 1. The molecule has 1 N–H and O–H groups in total. The smallest absolute Gasteiger partial charge is 0.0474 e. The molecule has 0 saturated heterocycles. The third kappa shape index (κ3) is 2.63. The van der Waals surface area contributed by atoms with Crippen LogP contribution >= 0.6 is 11.6 Å². The monoisotopic (exact) mass is 195 g/mol. The fraction of sp³-hybridized carbons (Fsp3) is 0.455. The lowest BCUT2D eigenvalue weighted by molar-refractivity contribution is 0.889. The van der Waals surface area contributed by atoms with Crippen LogP contribution in [0, 0.1) is 5.92 Å². The van der Waals surface area contributed by atoms with Gasteiger partial charge in [0.1, 0.15) is 0 Å². The normalized spacial score (nSPS) is 15.8. The van der Waals surface area contributed by atoms with E-state index in [0.29, 0.717) is 5.88 Å². The molecule has 13 heavy (non-hydrogen) atoms. The second kappa shape index (κ2) is 4.01. The molecule has 1 aliphatic carbocycles. The van der Waals surface area contributed by atoms with Crippen LogP contribution in [0.15, 0.2) is 24.3 Å². The topological polar surface area (TPSA) is 12.0 Å². The van der Waals surface area contributed by atoms with Gasteiger partial charge in [0.15, 0.2) is 0 Å². The van der Waals surface area contributed by atoms with Crippen molar-refractivity contribution in [3.05, 3.63) is 29.8 Å². The fourth-order valence-corrected chi connectivity index (χ4v) is 1.51. The predicted molar refractivity (Wildman–Crippen MR) is 57.2 cm³/mol. The SMILES string of the molecule is ClCc1cccc(NCC2CC2)c1. The molecule has 0 amide bonds. The van der Waals surface area contributed by atoms with Crippen molar-refractivity contribution in [1.82, 2.24) is 0 Å². The summed E-state index contributed by atoms with van der Waals surface area (Å²) >= 11 is 5.75. The average Bonchev–Trinajstić information content (AvgIpc) is 2.99. The highest BCUT2D eigenvalue weighted by Gasteiger charge is 2.20. The molecule has 70 valence electrons. The molecule has 1 saturated carbocycles. The number of hydrogen-bond acceptors (Lipinski definition) is 1. The molecule has 2 rings (SSSR count). The van der Waals surface area contributed by atoms with Gasteiger partial charge in [0.05, 0.1) is 0 Å². The minimum absolute atomic E-state index is 0.596. The zero-order valence-electron chi connectivity index (χ0n) is 7.59. The molecule has 2 heteroatoms. The van der Waals surface area contributed by atoms with Crippen LogP contribution in [0.5, 0.6) is 0 Å². The largest absolute Gasteiger partial charge is 0.385 e. The highest BCUT2D eigenvalue weighted by molar-refractivity contribution is 6.17. The Balaban J connectivity index is 1.93. The molecular formula is C11H14ClN. The molecule has 0 aromatic heterocycles. The van der Waals surface area contributed by atoms with Crippen LogP contribution in [0.3, 0.4) is 0 Å². The van der Waals surface area contributed by atoms with Gasteiger partial charge in [0.25, 0.3) is 0 Å². The summed E-state index contributed by atoms with van der Waals surface area (Å²) in [5.41, 5.74) is 2.38. The Labute approximate surface area is 84.1 Å². The molecule has 0 bridgehead atoms. The molecule has 0 atom stereocenters. The molecule has 0 aliphatic heterocycles. The van der Waals surface area contributed by atoms with E-state index in [9.17, 15) is 0 Å². The number of rotatable bonds is 4. The summed E-state index contributed by atoms with van der Waals surface area (Å²) in [6.45, 7) is 1.12. The fourth-order valence-electron chi connectivity index (χ4n) is 1.35. The van der Waals surface area contributed by atoms with E-state index in [4.69, 9.17) is 11.6 Å². The Morgan fingerprint density at radius 3 is 2.92 bits per heavy atom. The first-order valence-electron chi connectivity index (χ1n) is 4.77. The summed E-state index contributed by atoms with van der Waals surface area (Å²) in [5.74, 6) is 1.51. The van der Waals surface area contributed by atoms with E-state index < -0.39 is 0 Å². The molecule has 1 fully saturated rings. The van der Waals surface area contributed by atoms with Crippen LogP contribution in [-0.2, 0) is 5.88 Å². The van der Waals surface area contributed by atoms with Gasteiger partial charge in [-0.2, -0.15) is 0 Å². The van der Waals surface area contributed by atoms with Crippen molar-refractivity contribution in [3.63, 3.8) is 0 Å². The van der Waals surface area contributed by atoms with Crippen molar-refractivity contribution < 1.29 is 0 Å². The lowest BCUT2D eigenvalue weighted by Gasteiger charge is -2.05. The van der Waals surface area contributed by atoms with Crippen LogP contribution in [0.25, 0.3) is 0 Å². The van der Waals surface area contributed by atoms with Gasteiger partial charge < -0.3 is 5.32 Å². The van der Waals surface area contributed by atoms with Gasteiger partial charge in [-0.25, -0.2) is 0 Å². The maximum Gasteiger partial charge on any atom is 0.0474 e. The minimum atomic E-state index is 0.596. The van der Waals surface area contributed by atoms with Crippen molar-refractivity contribution >= 4 is 17.3 Å². The zero-order valence-corrected chi connectivity index (χ0v) is 8.35. The standard InChI is InChI=1S/C11H14ClN/c12-7-10-2-1-3-11(6-10)13-8-9-4-5-9/h1-3,6,9,13H,4-5,7-8H2. The van der Waals surface area contributed by atoms with E-state index in [1.807, 2.05) is 6.07 Å².